The molecule has 0 spiro atoms. The number of carbonyl (C=O) groups is 1. The third-order valence-corrected chi connectivity index (χ3v) is 5.87. The van der Waals surface area contributed by atoms with Gasteiger partial charge in [0.2, 0.25) is 5.89 Å². The number of halogens is 2. The van der Waals surface area contributed by atoms with E-state index in [2.05, 4.69) is 32.3 Å². The number of rotatable bonds is 5. The van der Waals surface area contributed by atoms with E-state index in [1.165, 1.54) is 0 Å². The van der Waals surface area contributed by atoms with E-state index in [0.717, 1.165) is 26.7 Å². The van der Waals surface area contributed by atoms with Crippen LogP contribution in [0.3, 0.4) is 0 Å². The molecule has 0 aliphatic carbocycles. The van der Waals surface area contributed by atoms with Gasteiger partial charge in [-0.05, 0) is 87.4 Å². The van der Waals surface area contributed by atoms with Crippen molar-refractivity contribution in [2.75, 3.05) is 5.32 Å². The first-order valence-electron chi connectivity index (χ1n) is 10.1. The molecule has 0 saturated carbocycles. The number of aromatic nitrogens is 1. The summed E-state index contributed by atoms with van der Waals surface area (Å²) in [6, 6.07) is 16.6. The van der Waals surface area contributed by atoms with Gasteiger partial charge < -0.3 is 14.5 Å². The molecule has 0 aliphatic rings. The average Bonchev–Trinajstić information content (AvgIpc) is 3.15. The minimum Gasteiger partial charge on any atom is -0.478 e. The first-order valence-corrected chi connectivity index (χ1v) is 11.2. The van der Waals surface area contributed by atoms with Gasteiger partial charge in [0.05, 0.1) is 10.7 Å². The van der Waals surface area contributed by atoms with Crippen LogP contribution in [0.1, 0.15) is 25.0 Å². The standard InChI is InChI=1S/C25H22BrClN2O3/c1-14-11-15(2)22-21(12-14)28-23(31-22)16-5-10-19(27)20(13-16)29-24(30)25(3,4)32-18-8-6-17(26)7-9-18/h5-13H,1-4H3,(H,29,30). The van der Waals surface area contributed by atoms with E-state index in [0.29, 0.717) is 27.9 Å². The molecule has 1 N–H and O–H groups in total. The van der Waals surface area contributed by atoms with Gasteiger partial charge in [-0.15, -0.1) is 0 Å². The Morgan fingerprint density at radius 2 is 1.81 bits per heavy atom. The van der Waals surface area contributed by atoms with Crippen LogP contribution >= 0.6 is 27.5 Å². The highest BCUT2D eigenvalue weighted by molar-refractivity contribution is 9.10. The second kappa shape index (κ2) is 8.60. The van der Waals surface area contributed by atoms with Crippen LogP contribution in [0, 0.1) is 13.8 Å². The highest BCUT2D eigenvalue weighted by Gasteiger charge is 2.30. The number of carbonyl (C=O) groups excluding carboxylic acids is 1. The quantitative estimate of drug-likeness (QED) is 0.303. The number of hydrogen-bond donors (Lipinski definition) is 1. The molecule has 5 nitrogen and oxygen atoms in total. The number of hydrogen-bond acceptors (Lipinski definition) is 4. The van der Waals surface area contributed by atoms with E-state index < -0.39 is 5.60 Å². The Kier molecular flexibility index (Phi) is 6.01. The second-order valence-electron chi connectivity index (χ2n) is 8.16. The minimum absolute atomic E-state index is 0.330. The Bertz CT molecular complexity index is 1310. The fourth-order valence-corrected chi connectivity index (χ4v) is 3.80. The molecule has 0 atom stereocenters. The molecular weight excluding hydrogens is 492 g/mol. The fourth-order valence-electron chi connectivity index (χ4n) is 3.37. The number of aryl methyl sites for hydroxylation is 2. The lowest BCUT2D eigenvalue weighted by atomic mass is 10.1. The van der Waals surface area contributed by atoms with Crippen LogP contribution in [0.4, 0.5) is 5.69 Å². The third kappa shape index (κ3) is 4.66. The maximum atomic E-state index is 13.0. The lowest BCUT2D eigenvalue weighted by Gasteiger charge is -2.25. The predicted octanol–water partition coefficient (Wildman–Crippen LogP) is 7.32. The molecule has 4 aromatic rings. The van der Waals surface area contributed by atoms with E-state index in [1.807, 2.05) is 38.1 Å². The Balaban J connectivity index is 1.59. The van der Waals surface area contributed by atoms with E-state index in [9.17, 15) is 4.79 Å². The van der Waals surface area contributed by atoms with E-state index in [-0.39, 0.29) is 5.91 Å². The molecule has 0 unspecified atom stereocenters. The first-order chi connectivity index (χ1) is 15.1. The molecule has 0 saturated heterocycles. The molecule has 4 rings (SSSR count). The van der Waals surface area contributed by atoms with E-state index in [1.54, 1.807) is 38.1 Å². The van der Waals surface area contributed by atoms with Gasteiger partial charge in [-0.2, -0.15) is 0 Å². The molecule has 164 valence electrons. The Morgan fingerprint density at radius 3 is 2.53 bits per heavy atom. The molecule has 7 heteroatoms. The van der Waals surface area contributed by atoms with Gasteiger partial charge in [0.1, 0.15) is 11.3 Å². The molecular formula is C25H22BrClN2O3. The summed E-state index contributed by atoms with van der Waals surface area (Å²) >= 11 is 9.76. The van der Waals surface area contributed by atoms with Gasteiger partial charge in [-0.25, -0.2) is 4.98 Å². The van der Waals surface area contributed by atoms with Crippen molar-refractivity contribution in [3.63, 3.8) is 0 Å². The van der Waals surface area contributed by atoms with Gasteiger partial charge >= 0.3 is 0 Å². The topological polar surface area (TPSA) is 64.4 Å². The number of oxazole rings is 1. The number of nitrogens with zero attached hydrogens (tertiary/aromatic N) is 1. The summed E-state index contributed by atoms with van der Waals surface area (Å²) in [4.78, 5) is 17.6. The lowest BCUT2D eigenvalue weighted by Crippen LogP contribution is -2.42. The Labute approximate surface area is 199 Å². The van der Waals surface area contributed by atoms with Gasteiger partial charge in [-0.3, -0.25) is 4.79 Å². The van der Waals surface area contributed by atoms with Crippen molar-refractivity contribution < 1.29 is 13.9 Å². The van der Waals surface area contributed by atoms with Crippen molar-refractivity contribution in [1.29, 1.82) is 0 Å². The number of nitrogens with one attached hydrogen (secondary N) is 1. The molecule has 0 bridgehead atoms. The second-order valence-corrected chi connectivity index (χ2v) is 9.49. The van der Waals surface area contributed by atoms with Crippen molar-refractivity contribution in [1.82, 2.24) is 4.98 Å². The number of anilines is 1. The van der Waals surface area contributed by atoms with E-state index >= 15 is 0 Å². The van der Waals surface area contributed by atoms with Crippen LogP contribution in [0.5, 0.6) is 5.75 Å². The molecule has 1 heterocycles. The average molecular weight is 514 g/mol. The summed E-state index contributed by atoms with van der Waals surface area (Å²) in [5, 5.41) is 3.28. The van der Waals surface area contributed by atoms with E-state index in [4.69, 9.17) is 20.8 Å². The Morgan fingerprint density at radius 1 is 1.09 bits per heavy atom. The SMILES string of the molecule is Cc1cc(C)c2oc(-c3ccc(Cl)c(NC(=O)C(C)(C)Oc4ccc(Br)cc4)c3)nc2c1. The van der Waals surface area contributed by atoms with Gasteiger partial charge in [-0.1, -0.05) is 33.6 Å². The molecule has 1 amide bonds. The first kappa shape index (κ1) is 22.4. The van der Waals surface area contributed by atoms with Crippen molar-refractivity contribution in [3.8, 4) is 17.2 Å². The van der Waals surface area contributed by atoms with Gasteiger partial charge in [0.25, 0.3) is 5.91 Å². The van der Waals surface area contributed by atoms with Crippen LogP contribution < -0.4 is 10.1 Å². The molecule has 0 fully saturated rings. The summed E-state index contributed by atoms with van der Waals surface area (Å²) in [6.45, 7) is 7.42. The molecule has 3 aromatic carbocycles. The molecule has 0 radical (unpaired) electrons. The largest absolute Gasteiger partial charge is 0.478 e. The summed E-state index contributed by atoms with van der Waals surface area (Å²) in [5.74, 6) is 0.722. The highest BCUT2D eigenvalue weighted by Crippen LogP contribution is 2.32. The lowest BCUT2D eigenvalue weighted by molar-refractivity contribution is -0.128. The molecule has 32 heavy (non-hydrogen) atoms. The third-order valence-electron chi connectivity index (χ3n) is 5.02. The van der Waals surface area contributed by atoms with Crippen molar-refractivity contribution >= 4 is 50.2 Å². The smallest absolute Gasteiger partial charge is 0.268 e. The van der Waals surface area contributed by atoms with Crippen LogP contribution in [0.2, 0.25) is 5.02 Å². The zero-order valence-electron chi connectivity index (χ0n) is 18.1. The number of benzene rings is 3. The maximum Gasteiger partial charge on any atom is 0.268 e. The minimum atomic E-state index is -1.13. The summed E-state index contributed by atoms with van der Waals surface area (Å²) < 4.78 is 12.8. The van der Waals surface area contributed by atoms with Gasteiger partial charge in [0.15, 0.2) is 11.2 Å². The normalized spacial score (nSPS) is 11.6. The van der Waals surface area contributed by atoms with Crippen LogP contribution in [-0.4, -0.2) is 16.5 Å². The summed E-state index contributed by atoms with van der Waals surface area (Å²) in [7, 11) is 0. The van der Waals surface area contributed by atoms with Crippen LogP contribution in [0.25, 0.3) is 22.6 Å². The fraction of sp³-hybridized carbons (Fsp3) is 0.200. The number of fused-ring (bicyclic) bond motifs is 1. The molecule has 0 aliphatic heterocycles. The van der Waals surface area contributed by atoms with Crippen molar-refractivity contribution in [3.05, 3.63) is 75.2 Å². The van der Waals surface area contributed by atoms with Crippen molar-refractivity contribution in [2.24, 2.45) is 0 Å². The summed E-state index contributed by atoms with van der Waals surface area (Å²) in [5.41, 5.74) is 3.72. The zero-order valence-corrected chi connectivity index (χ0v) is 20.5. The van der Waals surface area contributed by atoms with Crippen molar-refractivity contribution in [2.45, 2.75) is 33.3 Å². The molecule has 1 aromatic heterocycles. The van der Waals surface area contributed by atoms with Crippen LogP contribution in [-0.2, 0) is 4.79 Å². The number of amides is 1. The van der Waals surface area contributed by atoms with Gasteiger partial charge in [0, 0.05) is 10.0 Å². The highest BCUT2D eigenvalue weighted by atomic mass is 79.9. The summed E-state index contributed by atoms with van der Waals surface area (Å²) in [6.07, 6.45) is 0. The van der Waals surface area contributed by atoms with Crippen LogP contribution in [0.15, 0.2) is 63.5 Å². The number of ether oxygens (including phenoxy) is 1. The monoisotopic (exact) mass is 512 g/mol. The zero-order chi connectivity index (χ0) is 23.0. The maximum absolute atomic E-state index is 13.0. The Hall–Kier alpha value is -2.83. The predicted molar refractivity (Wildman–Crippen MR) is 131 cm³/mol.